The summed E-state index contributed by atoms with van der Waals surface area (Å²) < 4.78 is 5.12. The Labute approximate surface area is 185 Å². The fourth-order valence-corrected chi connectivity index (χ4v) is 4.96. The van der Waals surface area contributed by atoms with E-state index in [1.54, 1.807) is 19.2 Å². The largest absolute Gasteiger partial charge is 0.504 e. The molecule has 166 valence electrons. The van der Waals surface area contributed by atoms with Crippen LogP contribution >= 0.6 is 0 Å². The molecule has 2 aliphatic rings. The lowest BCUT2D eigenvalue weighted by Gasteiger charge is -2.39. The minimum atomic E-state index is 0.149. The average Bonchev–Trinajstić information content (AvgIpc) is 3.01. The Hall–Kier alpha value is -2.73. The lowest BCUT2D eigenvalue weighted by atomic mass is 9.96. The van der Waals surface area contributed by atoms with Crippen molar-refractivity contribution in [3.63, 3.8) is 0 Å². The van der Waals surface area contributed by atoms with Crippen molar-refractivity contribution in [1.29, 1.82) is 0 Å². The van der Waals surface area contributed by atoms with Crippen LogP contribution in [0.3, 0.4) is 0 Å². The van der Waals surface area contributed by atoms with E-state index < -0.39 is 0 Å². The Balaban J connectivity index is 1.37. The highest BCUT2D eigenvalue weighted by atomic mass is 16.5. The van der Waals surface area contributed by atoms with Crippen molar-refractivity contribution in [2.45, 2.75) is 63.8 Å². The van der Waals surface area contributed by atoms with Gasteiger partial charge in [-0.2, -0.15) is 0 Å². The van der Waals surface area contributed by atoms with Crippen LogP contribution < -0.4 is 15.4 Å². The summed E-state index contributed by atoms with van der Waals surface area (Å²) in [6.07, 6.45) is 4.87. The van der Waals surface area contributed by atoms with E-state index in [1.165, 1.54) is 18.4 Å². The van der Waals surface area contributed by atoms with Crippen LogP contribution in [0.4, 0.5) is 0 Å². The van der Waals surface area contributed by atoms with Crippen LogP contribution in [-0.2, 0) is 13.1 Å². The number of nitrogens with one attached hydrogen (secondary N) is 2. The van der Waals surface area contributed by atoms with Gasteiger partial charge in [0, 0.05) is 31.2 Å². The van der Waals surface area contributed by atoms with Crippen molar-refractivity contribution < 1.29 is 9.84 Å². The van der Waals surface area contributed by atoms with Gasteiger partial charge in [0.05, 0.1) is 13.7 Å². The van der Waals surface area contributed by atoms with Gasteiger partial charge < -0.3 is 20.5 Å². The lowest BCUT2D eigenvalue weighted by Crippen LogP contribution is -2.52. The highest BCUT2D eigenvalue weighted by molar-refractivity contribution is 5.80. The molecule has 2 heterocycles. The molecule has 2 saturated heterocycles. The number of ether oxygens (including phenoxy) is 1. The van der Waals surface area contributed by atoms with E-state index in [2.05, 4.69) is 52.8 Å². The molecule has 0 amide bonds. The maximum atomic E-state index is 10.0. The Morgan fingerprint density at radius 1 is 1.10 bits per heavy atom. The van der Waals surface area contributed by atoms with E-state index >= 15 is 0 Å². The molecule has 2 unspecified atom stereocenters. The molecular weight excluding hydrogens is 388 g/mol. The van der Waals surface area contributed by atoms with Crippen molar-refractivity contribution in [2.24, 2.45) is 4.99 Å². The number of phenolic OH excluding ortho intramolecular Hbond substituents is 1. The predicted octanol–water partition coefficient (Wildman–Crippen LogP) is 3.65. The fraction of sp³-hybridized carbons (Fsp3) is 0.480. The van der Waals surface area contributed by atoms with E-state index in [0.717, 1.165) is 37.5 Å². The first kappa shape index (κ1) is 21.5. The molecule has 2 bridgehead atoms. The molecule has 2 fully saturated rings. The van der Waals surface area contributed by atoms with Crippen molar-refractivity contribution >= 4 is 5.96 Å². The fourth-order valence-electron chi connectivity index (χ4n) is 4.96. The van der Waals surface area contributed by atoms with Gasteiger partial charge in [0.15, 0.2) is 17.5 Å². The summed E-state index contributed by atoms with van der Waals surface area (Å²) in [6, 6.07) is 18.0. The van der Waals surface area contributed by atoms with Gasteiger partial charge >= 0.3 is 0 Å². The van der Waals surface area contributed by atoms with Gasteiger partial charge in [0.1, 0.15) is 0 Å². The number of rotatable bonds is 7. The smallest absolute Gasteiger partial charge is 0.191 e. The van der Waals surface area contributed by atoms with Crippen LogP contribution in [0.5, 0.6) is 11.5 Å². The standard InChI is InChI=1S/C25H34N4O2/c1-3-26-25(27-16-19-9-12-24(31-2)23(30)13-19)28-20-14-21-10-11-22(15-20)29(21)17-18-7-5-4-6-8-18/h4-9,12-13,20-22,30H,3,10-11,14-17H2,1-2H3,(H2,26,27,28). The van der Waals surface area contributed by atoms with Gasteiger partial charge in [-0.05, 0) is 55.9 Å². The monoisotopic (exact) mass is 422 g/mol. The molecule has 0 aromatic heterocycles. The number of methoxy groups -OCH3 is 1. The summed E-state index contributed by atoms with van der Waals surface area (Å²) >= 11 is 0. The number of aromatic hydroxyl groups is 1. The second-order valence-corrected chi connectivity index (χ2v) is 8.56. The van der Waals surface area contributed by atoms with Gasteiger partial charge in [0.2, 0.25) is 0 Å². The molecule has 4 rings (SSSR count). The van der Waals surface area contributed by atoms with Crippen LogP contribution in [0, 0.1) is 0 Å². The third-order valence-electron chi connectivity index (χ3n) is 6.44. The van der Waals surface area contributed by atoms with Gasteiger partial charge in [-0.25, -0.2) is 4.99 Å². The van der Waals surface area contributed by atoms with Crippen molar-refractivity contribution in [2.75, 3.05) is 13.7 Å². The highest BCUT2D eigenvalue weighted by Crippen LogP contribution is 2.36. The summed E-state index contributed by atoms with van der Waals surface area (Å²) in [4.78, 5) is 7.47. The van der Waals surface area contributed by atoms with Crippen LogP contribution in [0.1, 0.15) is 43.7 Å². The van der Waals surface area contributed by atoms with Crippen LogP contribution in [-0.4, -0.2) is 47.7 Å². The first-order valence-electron chi connectivity index (χ1n) is 11.4. The summed E-state index contributed by atoms with van der Waals surface area (Å²) in [5, 5.41) is 17.1. The highest BCUT2D eigenvalue weighted by Gasteiger charge is 2.40. The van der Waals surface area contributed by atoms with Gasteiger partial charge in [-0.1, -0.05) is 36.4 Å². The summed E-state index contributed by atoms with van der Waals surface area (Å²) in [7, 11) is 1.55. The van der Waals surface area contributed by atoms with Gasteiger partial charge in [-0.15, -0.1) is 0 Å². The topological polar surface area (TPSA) is 69.1 Å². The molecule has 2 atom stereocenters. The molecule has 2 aliphatic heterocycles. The van der Waals surface area contributed by atoms with Gasteiger partial charge in [0.25, 0.3) is 0 Å². The number of fused-ring (bicyclic) bond motifs is 2. The molecule has 6 heteroatoms. The summed E-state index contributed by atoms with van der Waals surface area (Å²) in [6.45, 7) is 4.46. The zero-order valence-electron chi connectivity index (χ0n) is 18.6. The number of guanidine groups is 1. The molecule has 2 aromatic carbocycles. The molecule has 0 spiro atoms. The van der Waals surface area contributed by atoms with E-state index in [-0.39, 0.29) is 5.75 Å². The van der Waals surface area contributed by atoms with E-state index in [9.17, 15) is 5.11 Å². The van der Waals surface area contributed by atoms with Crippen molar-refractivity contribution in [1.82, 2.24) is 15.5 Å². The molecular formula is C25H34N4O2. The van der Waals surface area contributed by atoms with Crippen LogP contribution in [0.2, 0.25) is 0 Å². The SMILES string of the molecule is CCNC(=NCc1ccc(OC)c(O)c1)NC1CC2CCC(C1)N2Cc1ccccc1. The first-order valence-corrected chi connectivity index (χ1v) is 11.4. The molecule has 0 radical (unpaired) electrons. The Kier molecular flexibility index (Phi) is 6.97. The zero-order chi connectivity index (χ0) is 21.6. The molecule has 3 N–H and O–H groups in total. The molecule has 0 aliphatic carbocycles. The predicted molar refractivity (Wildman–Crippen MR) is 124 cm³/mol. The van der Waals surface area contributed by atoms with Gasteiger partial charge in [-0.3, -0.25) is 4.90 Å². The number of piperidine rings is 1. The zero-order valence-corrected chi connectivity index (χ0v) is 18.6. The first-order chi connectivity index (χ1) is 15.2. The average molecular weight is 423 g/mol. The number of hydrogen-bond acceptors (Lipinski definition) is 4. The Morgan fingerprint density at radius 3 is 2.48 bits per heavy atom. The number of nitrogens with zero attached hydrogens (tertiary/aromatic N) is 2. The third kappa shape index (κ3) is 5.31. The number of aliphatic imine (C=N–C) groups is 1. The maximum Gasteiger partial charge on any atom is 0.191 e. The molecule has 0 saturated carbocycles. The quantitative estimate of drug-likeness (QED) is 0.469. The molecule has 2 aromatic rings. The van der Waals surface area contributed by atoms with Crippen LogP contribution in [0.15, 0.2) is 53.5 Å². The summed E-state index contributed by atoms with van der Waals surface area (Å²) in [5.74, 6) is 1.48. The van der Waals surface area contributed by atoms with Crippen LogP contribution in [0.25, 0.3) is 0 Å². The van der Waals surface area contributed by atoms with Crippen molar-refractivity contribution in [3.8, 4) is 11.5 Å². The number of hydrogen-bond donors (Lipinski definition) is 3. The Bertz CT molecular complexity index is 872. The molecule has 6 nitrogen and oxygen atoms in total. The minimum Gasteiger partial charge on any atom is -0.504 e. The second-order valence-electron chi connectivity index (χ2n) is 8.56. The maximum absolute atomic E-state index is 10.0. The Morgan fingerprint density at radius 2 is 1.84 bits per heavy atom. The normalized spacial score (nSPS) is 23.5. The number of phenols is 1. The van der Waals surface area contributed by atoms with E-state index in [1.807, 2.05) is 6.07 Å². The van der Waals surface area contributed by atoms with E-state index in [4.69, 9.17) is 9.73 Å². The van der Waals surface area contributed by atoms with E-state index in [0.29, 0.717) is 30.4 Å². The lowest BCUT2D eigenvalue weighted by molar-refractivity contribution is 0.114. The minimum absolute atomic E-state index is 0.149. The second kappa shape index (κ2) is 10.1. The number of benzene rings is 2. The summed E-state index contributed by atoms with van der Waals surface area (Å²) in [5.41, 5.74) is 2.36. The third-order valence-corrected chi connectivity index (χ3v) is 6.44. The molecule has 31 heavy (non-hydrogen) atoms. The van der Waals surface area contributed by atoms with Crippen molar-refractivity contribution in [3.05, 3.63) is 59.7 Å².